The van der Waals surface area contributed by atoms with Crippen LogP contribution in [0.5, 0.6) is 0 Å². The van der Waals surface area contributed by atoms with Gasteiger partial charge in [-0.1, -0.05) is 103 Å². The van der Waals surface area contributed by atoms with Gasteiger partial charge in [0.05, 0.1) is 11.2 Å². The Morgan fingerprint density at radius 2 is 1.16 bits per heavy atom. The smallest absolute Gasteiger partial charge is 0.129 e. The Labute approximate surface area is 359 Å². The predicted molar refractivity (Wildman–Crippen MR) is 248 cm³/mol. The fourth-order valence-electron chi connectivity index (χ4n) is 12.3. The summed E-state index contributed by atoms with van der Waals surface area (Å²) in [6.45, 7) is 37.5. The molecule has 4 nitrogen and oxygen atoms in total. The Bertz CT molecular complexity index is 1480. The SMILES string of the molecule is C=C1C2CCC(C)(OC)C1CCC2(C)C.C=C1CCCC(C)(C)C1CCC(C)=O.CC(=O)CCC1C(C)=CCCC1(C)C.COC1(C)CCC2C(=CCCC2(C)C)C1. The summed E-state index contributed by atoms with van der Waals surface area (Å²) in [4.78, 5) is 22.0. The first-order chi connectivity index (χ1) is 26.7. The van der Waals surface area contributed by atoms with Crippen LogP contribution in [0.2, 0.25) is 0 Å². The van der Waals surface area contributed by atoms with Gasteiger partial charge in [0, 0.05) is 33.0 Å². The molecule has 0 heterocycles. The first-order valence-corrected chi connectivity index (χ1v) is 23.6. The van der Waals surface area contributed by atoms with Crippen molar-refractivity contribution in [2.45, 2.75) is 217 Å². The summed E-state index contributed by atoms with van der Waals surface area (Å²) in [6.07, 6.45) is 25.8. The number of fused-ring (bicyclic) bond motifs is 3. The van der Waals surface area contributed by atoms with Crippen LogP contribution in [-0.2, 0) is 19.1 Å². The fourth-order valence-corrected chi connectivity index (χ4v) is 12.3. The maximum absolute atomic E-state index is 11.0. The van der Waals surface area contributed by atoms with Gasteiger partial charge in [-0.15, -0.1) is 0 Å². The van der Waals surface area contributed by atoms with Gasteiger partial charge in [-0.25, -0.2) is 0 Å². The number of Topliss-reactive ketones (excluding diaryl/α,β-unsaturated/α-hetero) is 2. The van der Waals surface area contributed by atoms with E-state index in [1.165, 1.54) is 93.8 Å². The zero-order valence-corrected chi connectivity index (χ0v) is 40.8. The zero-order chi connectivity index (χ0) is 43.9. The number of allylic oxidation sites excluding steroid dienone is 4. The number of rotatable bonds is 8. The summed E-state index contributed by atoms with van der Waals surface area (Å²) < 4.78 is 11.4. The molecule has 0 saturated heterocycles. The summed E-state index contributed by atoms with van der Waals surface area (Å²) >= 11 is 0. The predicted octanol–water partition coefficient (Wildman–Crippen LogP) is 15.2. The third-order valence-corrected chi connectivity index (χ3v) is 16.7. The third kappa shape index (κ3) is 13.1. The van der Waals surface area contributed by atoms with Crippen molar-refractivity contribution in [3.8, 4) is 0 Å². The number of hydrogen-bond donors (Lipinski definition) is 0. The van der Waals surface area contributed by atoms with Crippen LogP contribution in [-0.4, -0.2) is 37.0 Å². The fraction of sp³-hybridized carbons (Fsp3) is 0.815. The summed E-state index contributed by atoms with van der Waals surface area (Å²) in [6, 6.07) is 0. The molecule has 0 aliphatic heterocycles. The highest BCUT2D eigenvalue weighted by Gasteiger charge is 2.50. The highest BCUT2D eigenvalue weighted by molar-refractivity contribution is 5.75. The lowest BCUT2D eigenvalue weighted by Crippen LogP contribution is -2.49. The van der Waals surface area contributed by atoms with Crippen LogP contribution in [0.4, 0.5) is 0 Å². The van der Waals surface area contributed by atoms with Crippen molar-refractivity contribution >= 4 is 11.6 Å². The van der Waals surface area contributed by atoms with Gasteiger partial charge < -0.3 is 19.1 Å². The second-order valence-corrected chi connectivity index (χ2v) is 23.1. The van der Waals surface area contributed by atoms with E-state index in [2.05, 4.69) is 101 Å². The topological polar surface area (TPSA) is 52.6 Å². The first-order valence-electron chi connectivity index (χ1n) is 23.6. The van der Waals surface area contributed by atoms with Crippen molar-refractivity contribution in [1.82, 2.24) is 0 Å². The van der Waals surface area contributed by atoms with Gasteiger partial charge in [0.1, 0.15) is 11.6 Å². The van der Waals surface area contributed by atoms with E-state index in [0.717, 1.165) is 43.9 Å². The lowest BCUT2D eigenvalue weighted by molar-refractivity contribution is -0.118. The van der Waals surface area contributed by atoms with Gasteiger partial charge in [-0.2, -0.15) is 0 Å². The highest BCUT2D eigenvalue weighted by atomic mass is 16.5. The largest absolute Gasteiger partial charge is 0.378 e. The minimum atomic E-state index is 0.0596. The Morgan fingerprint density at radius 1 is 0.638 bits per heavy atom. The molecule has 6 rings (SSSR count). The Hall–Kier alpha value is -1.78. The summed E-state index contributed by atoms with van der Waals surface area (Å²) in [5.74, 6) is 3.92. The van der Waals surface area contributed by atoms with E-state index in [4.69, 9.17) is 9.47 Å². The van der Waals surface area contributed by atoms with Gasteiger partial charge >= 0.3 is 0 Å². The Morgan fingerprint density at radius 3 is 1.71 bits per heavy atom. The Kier molecular flexibility index (Phi) is 17.8. The molecule has 0 aromatic heterocycles. The molecule has 4 heteroatoms. The molecule has 2 bridgehead atoms. The molecule has 0 radical (unpaired) electrons. The normalized spacial score (nSPS) is 34.2. The van der Waals surface area contributed by atoms with Gasteiger partial charge in [0.15, 0.2) is 0 Å². The van der Waals surface area contributed by atoms with E-state index in [-0.39, 0.29) is 11.2 Å². The molecule has 0 N–H and O–H groups in total. The van der Waals surface area contributed by atoms with Crippen molar-refractivity contribution in [3.05, 3.63) is 47.6 Å². The number of ether oxygens (including phenoxy) is 2. The van der Waals surface area contributed by atoms with Crippen LogP contribution in [0.25, 0.3) is 0 Å². The quantitative estimate of drug-likeness (QED) is 0.229. The second kappa shape index (κ2) is 20.4. The van der Waals surface area contributed by atoms with Gasteiger partial charge in [-0.05, 0) is 183 Å². The first kappa shape index (κ1) is 50.6. The number of ketones is 2. The minimum absolute atomic E-state index is 0.0596. The average molecular weight is 805 g/mol. The standard InChI is InChI=1S/2C14H24O.2C13H22O/c1-10-11-7-9-14(4,15-5)12(10)6-8-13(11,2)3;1-13(2)8-5-6-11-10-14(3,15-4)9-7-12(11)13;2*1-10-6-5-9-13(3,4)12(10)8-7-11(2)14/h11-12H,1,6-9H2,2-5H3;6,12H,5,7-10H2,1-4H3;6,12H,5,7-9H2,1-4H3;12H,1,5-9H2,2-4H3. The number of hydrogen-bond acceptors (Lipinski definition) is 4. The third-order valence-electron chi connectivity index (χ3n) is 16.7. The van der Waals surface area contributed by atoms with Crippen LogP contribution in [0.3, 0.4) is 0 Å². The summed E-state index contributed by atoms with van der Waals surface area (Å²) in [5, 5.41) is 0. The molecule has 0 aromatic rings. The van der Waals surface area contributed by atoms with Crippen molar-refractivity contribution in [3.63, 3.8) is 0 Å². The molecule has 58 heavy (non-hydrogen) atoms. The van der Waals surface area contributed by atoms with Crippen molar-refractivity contribution in [2.24, 2.45) is 51.2 Å². The molecule has 6 aliphatic rings. The number of carbonyl (C=O) groups excluding carboxylic acids is 2. The molecular formula is C54H92O4. The van der Waals surface area contributed by atoms with E-state index >= 15 is 0 Å². The zero-order valence-electron chi connectivity index (χ0n) is 40.8. The Balaban J connectivity index is 0.000000207. The summed E-state index contributed by atoms with van der Waals surface area (Å²) in [5.41, 5.74) is 7.86. The summed E-state index contributed by atoms with van der Waals surface area (Å²) in [7, 11) is 3.71. The van der Waals surface area contributed by atoms with Crippen LogP contribution >= 0.6 is 0 Å². The molecule has 6 aliphatic carbocycles. The van der Waals surface area contributed by atoms with Crippen molar-refractivity contribution in [2.75, 3.05) is 14.2 Å². The van der Waals surface area contributed by atoms with Crippen LogP contribution < -0.4 is 0 Å². The van der Waals surface area contributed by atoms with Crippen LogP contribution in [0.1, 0.15) is 206 Å². The van der Waals surface area contributed by atoms with Crippen molar-refractivity contribution < 1.29 is 19.1 Å². The maximum atomic E-state index is 11.0. The monoisotopic (exact) mass is 805 g/mol. The molecule has 0 spiro atoms. The lowest BCUT2D eigenvalue weighted by Gasteiger charge is -2.54. The molecular weight excluding hydrogens is 713 g/mol. The van der Waals surface area contributed by atoms with E-state index in [0.29, 0.717) is 57.4 Å². The molecule has 4 fully saturated rings. The maximum Gasteiger partial charge on any atom is 0.129 e. The van der Waals surface area contributed by atoms with E-state index in [1.54, 1.807) is 19.4 Å². The minimum Gasteiger partial charge on any atom is -0.378 e. The number of methoxy groups -OCH3 is 2. The second-order valence-electron chi connectivity index (χ2n) is 23.1. The van der Waals surface area contributed by atoms with E-state index < -0.39 is 0 Å². The molecule has 0 aromatic carbocycles. The highest BCUT2D eigenvalue weighted by Crippen LogP contribution is 2.56. The van der Waals surface area contributed by atoms with E-state index in [1.807, 2.05) is 14.2 Å². The van der Waals surface area contributed by atoms with Gasteiger partial charge in [0.25, 0.3) is 0 Å². The molecule has 332 valence electrons. The average Bonchev–Trinajstić information content (AvgIpc) is 3.10. The molecule has 4 saturated carbocycles. The molecule has 0 amide bonds. The van der Waals surface area contributed by atoms with Crippen LogP contribution in [0.15, 0.2) is 47.6 Å². The van der Waals surface area contributed by atoms with Crippen LogP contribution in [0, 0.1) is 51.2 Å². The van der Waals surface area contributed by atoms with Gasteiger partial charge in [0.2, 0.25) is 0 Å². The number of carbonyl (C=O) groups is 2. The van der Waals surface area contributed by atoms with E-state index in [9.17, 15) is 9.59 Å². The molecule has 7 unspecified atom stereocenters. The van der Waals surface area contributed by atoms with Gasteiger partial charge in [-0.3, -0.25) is 0 Å². The lowest BCUT2D eigenvalue weighted by atomic mass is 9.54. The molecule has 7 atom stereocenters. The van der Waals surface area contributed by atoms with Crippen molar-refractivity contribution in [1.29, 1.82) is 0 Å².